The fraction of sp³-hybridized carbons (Fsp3) is 0.130. The Bertz CT molecular complexity index is 1250. The number of carbonyl (C=O) groups is 2. The lowest BCUT2D eigenvalue weighted by molar-refractivity contribution is -0.119. The molecule has 1 amide bonds. The molecule has 3 aromatic rings. The number of benzene rings is 3. The summed E-state index contributed by atoms with van der Waals surface area (Å²) in [7, 11) is -1.05. The van der Waals surface area contributed by atoms with Crippen LogP contribution in [0.3, 0.4) is 0 Å². The van der Waals surface area contributed by atoms with Gasteiger partial charge in [-0.1, -0.05) is 29.8 Å². The van der Waals surface area contributed by atoms with Crippen LogP contribution in [0.4, 0.5) is 5.69 Å². The number of ether oxygens (including phenoxy) is 2. The number of rotatable bonds is 8. The van der Waals surface area contributed by atoms with Gasteiger partial charge in [-0.15, -0.1) is 0 Å². The maximum atomic E-state index is 12.3. The van der Waals surface area contributed by atoms with E-state index in [-0.39, 0.29) is 21.2 Å². The van der Waals surface area contributed by atoms with Crippen LogP contribution in [0.1, 0.15) is 10.4 Å². The summed E-state index contributed by atoms with van der Waals surface area (Å²) in [6.07, 6.45) is 0. The Morgan fingerprint density at radius 2 is 1.58 bits per heavy atom. The Morgan fingerprint density at radius 1 is 0.939 bits per heavy atom. The number of anilines is 1. The third kappa shape index (κ3) is 6.32. The number of amides is 1. The number of nitrogens with one attached hydrogen (secondary N) is 1. The molecule has 0 aliphatic heterocycles. The minimum atomic E-state index is -3.80. The van der Waals surface area contributed by atoms with Gasteiger partial charge in [-0.3, -0.25) is 4.79 Å². The standard InChI is InChI=1S/C23H21ClN2O6S/c1-26(2)33(29,30)21-14-17(10-13-20(21)24)25-22(27)15-31-23(28)16-8-11-19(12-9-16)32-18-6-4-3-5-7-18/h3-14H,15H2,1-2H3,(H,25,27). The molecule has 172 valence electrons. The first-order valence-corrected chi connectivity index (χ1v) is 11.5. The third-order valence-corrected chi connectivity index (χ3v) is 6.67. The summed E-state index contributed by atoms with van der Waals surface area (Å²) >= 11 is 5.99. The molecule has 0 aliphatic carbocycles. The van der Waals surface area contributed by atoms with Gasteiger partial charge in [0.1, 0.15) is 16.4 Å². The molecule has 0 heterocycles. The quantitative estimate of drug-likeness (QED) is 0.477. The molecule has 0 saturated heterocycles. The number of nitrogens with zero attached hydrogens (tertiary/aromatic N) is 1. The topological polar surface area (TPSA) is 102 Å². The molecule has 0 saturated carbocycles. The molecule has 0 aliphatic rings. The average molecular weight is 489 g/mol. The fourth-order valence-corrected chi connectivity index (χ4v) is 4.06. The van der Waals surface area contributed by atoms with Gasteiger partial charge in [0.15, 0.2) is 6.61 Å². The van der Waals surface area contributed by atoms with Crippen LogP contribution in [0.25, 0.3) is 0 Å². The molecule has 0 aromatic heterocycles. The van der Waals surface area contributed by atoms with Gasteiger partial charge in [-0.05, 0) is 54.6 Å². The number of hydrogen-bond donors (Lipinski definition) is 1. The van der Waals surface area contributed by atoms with E-state index in [9.17, 15) is 18.0 Å². The van der Waals surface area contributed by atoms with E-state index in [0.717, 1.165) is 4.31 Å². The molecule has 3 rings (SSSR count). The zero-order valence-corrected chi connectivity index (χ0v) is 19.4. The van der Waals surface area contributed by atoms with Crippen LogP contribution in [0.5, 0.6) is 11.5 Å². The van der Waals surface area contributed by atoms with Crippen LogP contribution < -0.4 is 10.1 Å². The molecule has 33 heavy (non-hydrogen) atoms. The Hall–Kier alpha value is -3.40. The first-order valence-electron chi connectivity index (χ1n) is 9.69. The molecule has 0 unspecified atom stereocenters. The monoisotopic (exact) mass is 488 g/mol. The largest absolute Gasteiger partial charge is 0.457 e. The zero-order valence-electron chi connectivity index (χ0n) is 17.8. The zero-order chi connectivity index (χ0) is 24.0. The van der Waals surface area contributed by atoms with Crippen LogP contribution in [0.2, 0.25) is 5.02 Å². The Labute approximate surface area is 196 Å². The maximum Gasteiger partial charge on any atom is 0.338 e. The van der Waals surface area contributed by atoms with Crippen LogP contribution in [0.15, 0.2) is 77.7 Å². The van der Waals surface area contributed by atoms with E-state index < -0.39 is 28.5 Å². The highest BCUT2D eigenvalue weighted by Crippen LogP contribution is 2.27. The first-order chi connectivity index (χ1) is 15.7. The average Bonchev–Trinajstić information content (AvgIpc) is 2.79. The number of carbonyl (C=O) groups excluding carboxylic acids is 2. The van der Waals surface area contributed by atoms with Crippen molar-refractivity contribution in [2.45, 2.75) is 4.90 Å². The van der Waals surface area contributed by atoms with E-state index >= 15 is 0 Å². The number of esters is 1. The second-order valence-electron chi connectivity index (χ2n) is 7.00. The van der Waals surface area contributed by atoms with Crippen molar-refractivity contribution in [3.63, 3.8) is 0 Å². The van der Waals surface area contributed by atoms with Crippen molar-refractivity contribution in [3.05, 3.63) is 83.4 Å². The first kappa shape index (κ1) is 24.2. The maximum absolute atomic E-state index is 12.3. The molecule has 0 bridgehead atoms. The van der Waals surface area contributed by atoms with Crippen molar-refractivity contribution in [1.29, 1.82) is 0 Å². The highest BCUT2D eigenvalue weighted by atomic mass is 35.5. The molecule has 0 fully saturated rings. The summed E-state index contributed by atoms with van der Waals surface area (Å²) in [4.78, 5) is 24.3. The minimum Gasteiger partial charge on any atom is -0.457 e. The summed E-state index contributed by atoms with van der Waals surface area (Å²) in [5, 5.41) is 2.51. The number of sulfonamides is 1. The van der Waals surface area contributed by atoms with Crippen LogP contribution in [-0.2, 0) is 19.6 Å². The predicted molar refractivity (Wildman–Crippen MR) is 124 cm³/mol. The summed E-state index contributed by atoms with van der Waals surface area (Å²) in [6, 6.07) is 19.5. The van der Waals surface area contributed by atoms with Gasteiger partial charge in [0.05, 0.1) is 10.6 Å². The number of para-hydroxylation sites is 1. The molecule has 1 N–H and O–H groups in total. The van der Waals surface area contributed by atoms with Gasteiger partial charge in [0, 0.05) is 19.8 Å². The lowest BCUT2D eigenvalue weighted by Crippen LogP contribution is -2.23. The Balaban J connectivity index is 1.57. The minimum absolute atomic E-state index is 0.0211. The van der Waals surface area contributed by atoms with Crippen molar-refractivity contribution in [1.82, 2.24) is 4.31 Å². The Morgan fingerprint density at radius 3 is 2.21 bits per heavy atom. The summed E-state index contributed by atoms with van der Waals surface area (Å²) < 4.78 is 36.4. The van der Waals surface area contributed by atoms with Gasteiger partial charge < -0.3 is 14.8 Å². The Kier molecular flexibility index (Phi) is 7.70. The highest BCUT2D eigenvalue weighted by molar-refractivity contribution is 7.89. The highest BCUT2D eigenvalue weighted by Gasteiger charge is 2.21. The normalized spacial score (nSPS) is 11.2. The van der Waals surface area contributed by atoms with E-state index in [1.165, 1.54) is 44.4 Å². The van der Waals surface area contributed by atoms with E-state index in [1.807, 2.05) is 18.2 Å². The van der Waals surface area contributed by atoms with Crippen LogP contribution in [0, 0.1) is 0 Å². The van der Waals surface area contributed by atoms with Crippen molar-refractivity contribution < 1.29 is 27.5 Å². The van der Waals surface area contributed by atoms with Gasteiger partial charge in [0.25, 0.3) is 5.91 Å². The lowest BCUT2D eigenvalue weighted by atomic mass is 10.2. The fourth-order valence-electron chi connectivity index (χ4n) is 2.67. The summed E-state index contributed by atoms with van der Waals surface area (Å²) in [6.45, 7) is -0.556. The molecule has 8 nitrogen and oxygen atoms in total. The molecule has 0 spiro atoms. The lowest BCUT2D eigenvalue weighted by Gasteiger charge is -2.14. The van der Waals surface area contributed by atoms with E-state index in [0.29, 0.717) is 11.5 Å². The van der Waals surface area contributed by atoms with Gasteiger partial charge in [-0.2, -0.15) is 0 Å². The van der Waals surface area contributed by atoms with Gasteiger partial charge in [-0.25, -0.2) is 17.5 Å². The van der Waals surface area contributed by atoms with Crippen molar-refractivity contribution >= 4 is 39.2 Å². The van der Waals surface area contributed by atoms with Crippen LogP contribution in [-0.4, -0.2) is 45.3 Å². The number of halogens is 1. The smallest absolute Gasteiger partial charge is 0.338 e. The van der Waals surface area contributed by atoms with Crippen molar-refractivity contribution in [2.24, 2.45) is 0 Å². The molecule has 0 radical (unpaired) electrons. The third-order valence-electron chi connectivity index (χ3n) is 4.38. The predicted octanol–water partition coefficient (Wildman–Crippen LogP) is 4.18. The second-order valence-corrected chi connectivity index (χ2v) is 9.52. The summed E-state index contributed by atoms with van der Waals surface area (Å²) in [5.74, 6) is -0.124. The van der Waals surface area contributed by atoms with Crippen molar-refractivity contribution in [3.8, 4) is 11.5 Å². The number of hydrogen-bond acceptors (Lipinski definition) is 6. The SMILES string of the molecule is CN(C)S(=O)(=O)c1cc(NC(=O)COC(=O)c2ccc(Oc3ccccc3)cc2)ccc1Cl. The molecular formula is C23H21ClN2O6S. The van der Waals surface area contributed by atoms with Gasteiger partial charge in [0.2, 0.25) is 10.0 Å². The van der Waals surface area contributed by atoms with Crippen molar-refractivity contribution in [2.75, 3.05) is 26.0 Å². The van der Waals surface area contributed by atoms with Gasteiger partial charge >= 0.3 is 5.97 Å². The van der Waals surface area contributed by atoms with E-state index in [4.69, 9.17) is 21.1 Å². The summed E-state index contributed by atoms with van der Waals surface area (Å²) in [5.41, 5.74) is 0.442. The molecule has 10 heteroatoms. The molecule has 0 atom stereocenters. The second kappa shape index (κ2) is 10.5. The van der Waals surface area contributed by atoms with Crippen LogP contribution >= 0.6 is 11.6 Å². The van der Waals surface area contributed by atoms with E-state index in [2.05, 4.69) is 5.32 Å². The molecular weight excluding hydrogens is 468 g/mol. The molecule has 3 aromatic carbocycles. The van der Waals surface area contributed by atoms with E-state index in [1.54, 1.807) is 24.3 Å².